The molecule has 0 aliphatic carbocycles. The highest BCUT2D eigenvalue weighted by Crippen LogP contribution is 2.10. The van der Waals surface area contributed by atoms with E-state index in [0.29, 0.717) is 18.0 Å². The van der Waals surface area contributed by atoms with Crippen LogP contribution in [0, 0.1) is 0 Å². The topological polar surface area (TPSA) is 106 Å². The molecule has 0 amide bonds. The quantitative estimate of drug-likeness (QED) is 0.273. The van der Waals surface area contributed by atoms with E-state index < -0.39 is 0 Å². The van der Waals surface area contributed by atoms with Gasteiger partial charge in [0.25, 0.3) is 0 Å². The third kappa shape index (κ3) is 4.80. The lowest BCUT2D eigenvalue weighted by Gasteiger charge is -2.14. The average Bonchev–Trinajstić information content (AvgIpc) is 2.85. The van der Waals surface area contributed by atoms with Crippen LogP contribution in [0.2, 0.25) is 0 Å². The number of carbonyl (C=O) groups is 1. The van der Waals surface area contributed by atoms with E-state index >= 15 is 0 Å². The van der Waals surface area contributed by atoms with Crippen molar-refractivity contribution in [2.75, 3.05) is 13.1 Å². The Morgan fingerprint density at radius 1 is 1.61 bits per heavy atom. The number of Topliss-reactive ketones (excluding diaryl/α,β-unsaturated/α-hetero) is 1. The Morgan fingerprint density at radius 3 is 2.94 bits per heavy atom. The van der Waals surface area contributed by atoms with Crippen LogP contribution in [0.1, 0.15) is 29.6 Å². The molecule has 0 aromatic carbocycles. The second kappa shape index (κ2) is 7.78. The van der Waals surface area contributed by atoms with Crippen molar-refractivity contribution in [1.82, 2.24) is 10.3 Å². The van der Waals surface area contributed by atoms with Gasteiger partial charge in [-0.3, -0.25) is 9.79 Å². The molecule has 7 heteroatoms. The fraction of sp³-hybridized carbons (Fsp3) is 0.545. The Bertz CT molecular complexity index is 386. The molecule has 0 saturated carbocycles. The maximum Gasteiger partial charge on any atom is 0.208 e. The van der Waals surface area contributed by atoms with E-state index in [1.54, 1.807) is 11.6 Å². The van der Waals surface area contributed by atoms with Gasteiger partial charge in [-0.15, -0.1) is 11.3 Å². The summed E-state index contributed by atoms with van der Waals surface area (Å²) in [5, 5.41) is 5.51. The minimum absolute atomic E-state index is 0.0385. The van der Waals surface area contributed by atoms with Crippen LogP contribution in [-0.4, -0.2) is 35.9 Å². The first-order chi connectivity index (χ1) is 8.65. The number of aromatic nitrogens is 1. The van der Waals surface area contributed by atoms with Gasteiger partial charge in [0, 0.05) is 18.1 Å². The van der Waals surface area contributed by atoms with Crippen molar-refractivity contribution in [2.24, 2.45) is 16.5 Å². The second-order valence-corrected chi connectivity index (χ2v) is 4.66. The number of aliphatic imine (C=N–C) groups is 1. The standard InChI is InChI=1S/C11H19N5OS/c1-2-14-8(4-3-5-16-11(12)13)9(17)10-15-6-7-18-10/h6-8,14H,2-5H2,1H3,(H4,12,13,16)/t8-/m0/s1. The summed E-state index contributed by atoms with van der Waals surface area (Å²) >= 11 is 1.36. The molecule has 0 aliphatic rings. The minimum atomic E-state index is -0.213. The summed E-state index contributed by atoms with van der Waals surface area (Å²) in [4.78, 5) is 20.1. The van der Waals surface area contributed by atoms with E-state index in [1.165, 1.54) is 11.3 Å². The van der Waals surface area contributed by atoms with Crippen LogP contribution in [0.3, 0.4) is 0 Å². The van der Waals surface area contributed by atoms with Gasteiger partial charge in [-0.2, -0.15) is 0 Å². The molecule has 6 nitrogen and oxygen atoms in total. The predicted molar refractivity (Wildman–Crippen MR) is 73.8 cm³/mol. The van der Waals surface area contributed by atoms with Gasteiger partial charge < -0.3 is 16.8 Å². The summed E-state index contributed by atoms with van der Waals surface area (Å²) in [5.74, 6) is 0.123. The van der Waals surface area contributed by atoms with Gasteiger partial charge >= 0.3 is 0 Å². The molecular weight excluding hydrogens is 250 g/mol. The zero-order chi connectivity index (χ0) is 13.4. The van der Waals surface area contributed by atoms with Gasteiger partial charge in [0.05, 0.1) is 6.04 Å². The third-order valence-electron chi connectivity index (χ3n) is 2.36. The highest BCUT2D eigenvalue weighted by Gasteiger charge is 2.20. The molecule has 1 rings (SSSR count). The van der Waals surface area contributed by atoms with Crippen molar-refractivity contribution in [2.45, 2.75) is 25.8 Å². The maximum atomic E-state index is 12.1. The Labute approximate surface area is 110 Å². The highest BCUT2D eigenvalue weighted by atomic mass is 32.1. The van der Waals surface area contributed by atoms with Crippen LogP contribution >= 0.6 is 11.3 Å². The molecule has 1 aromatic rings. The van der Waals surface area contributed by atoms with E-state index in [-0.39, 0.29) is 17.8 Å². The molecule has 1 heterocycles. The molecule has 1 atom stereocenters. The number of rotatable bonds is 8. The Kier molecular flexibility index (Phi) is 6.31. The summed E-state index contributed by atoms with van der Waals surface area (Å²) in [6, 6.07) is -0.213. The maximum absolute atomic E-state index is 12.1. The third-order valence-corrected chi connectivity index (χ3v) is 3.14. The largest absolute Gasteiger partial charge is 0.370 e. The van der Waals surface area contributed by atoms with E-state index in [9.17, 15) is 4.79 Å². The predicted octanol–water partition coefficient (Wildman–Crippen LogP) is 0.358. The van der Waals surface area contributed by atoms with Crippen LogP contribution in [0.4, 0.5) is 0 Å². The number of nitrogens with one attached hydrogen (secondary N) is 1. The first-order valence-corrected chi connectivity index (χ1v) is 6.75. The fourth-order valence-electron chi connectivity index (χ4n) is 1.57. The number of thiazole rings is 1. The van der Waals surface area contributed by atoms with Crippen molar-refractivity contribution in [1.29, 1.82) is 0 Å². The van der Waals surface area contributed by atoms with Crippen LogP contribution in [0.25, 0.3) is 0 Å². The molecule has 0 radical (unpaired) electrons. The molecule has 1 aromatic heterocycles. The normalized spacial score (nSPS) is 12.1. The molecule has 100 valence electrons. The number of likely N-dealkylation sites (N-methyl/N-ethyl adjacent to an activating group) is 1. The molecule has 0 fully saturated rings. The van der Waals surface area contributed by atoms with Crippen LogP contribution in [0.15, 0.2) is 16.6 Å². The molecule has 0 aliphatic heterocycles. The Morgan fingerprint density at radius 2 is 2.39 bits per heavy atom. The summed E-state index contributed by atoms with van der Waals surface area (Å²) < 4.78 is 0. The zero-order valence-electron chi connectivity index (χ0n) is 10.4. The van der Waals surface area contributed by atoms with Gasteiger partial charge in [-0.1, -0.05) is 6.92 Å². The zero-order valence-corrected chi connectivity index (χ0v) is 11.2. The first-order valence-electron chi connectivity index (χ1n) is 5.87. The van der Waals surface area contributed by atoms with Gasteiger partial charge in [0.1, 0.15) is 0 Å². The Balaban J connectivity index is 2.49. The van der Waals surface area contributed by atoms with E-state index in [0.717, 1.165) is 13.0 Å². The molecule has 0 bridgehead atoms. The summed E-state index contributed by atoms with van der Waals surface area (Å²) in [6.45, 7) is 3.25. The number of guanidine groups is 1. The van der Waals surface area contributed by atoms with Crippen LogP contribution < -0.4 is 16.8 Å². The highest BCUT2D eigenvalue weighted by molar-refractivity contribution is 7.11. The van der Waals surface area contributed by atoms with Gasteiger partial charge in [0.2, 0.25) is 5.78 Å². The summed E-state index contributed by atoms with van der Waals surface area (Å²) in [6.07, 6.45) is 3.09. The SMILES string of the molecule is CCN[C@@H](CCCN=C(N)N)C(=O)c1nccs1. The Hall–Kier alpha value is -1.47. The number of nitrogens with zero attached hydrogens (tertiary/aromatic N) is 2. The van der Waals surface area contributed by atoms with Crippen molar-refractivity contribution >= 4 is 23.1 Å². The number of hydrogen-bond donors (Lipinski definition) is 3. The van der Waals surface area contributed by atoms with Crippen molar-refractivity contribution in [3.05, 3.63) is 16.6 Å². The lowest BCUT2D eigenvalue weighted by atomic mass is 10.1. The van der Waals surface area contributed by atoms with Crippen LogP contribution in [-0.2, 0) is 0 Å². The smallest absolute Gasteiger partial charge is 0.208 e. The molecule has 18 heavy (non-hydrogen) atoms. The number of hydrogen-bond acceptors (Lipinski definition) is 5. The van der Waals surface area contributed by atoms with E-state index in [2.05, 4.69) is 15.3 Å². The summed E-state index contributed by atoms with van der Waals surface area (Å²) in [5.41, 5.74) is 10.5. The monoisotopic (exact) mass is 269 g/mol. The lowest BCUT2D eigenvalue weighted by Crippen LogP contribution is -2.36. The minimum Gasteiger partial charge on any atom is -0.370 e. The van der Waals surface area contributed by atoms with Crippen molar-refractivity contribution in [3.8, 4) is 0 Å². The van der Waals surface area contributed by atoms with Crippen molar-refractivity contribution < 1.29 is 4.79 Å². The summed E-state index contributed by atoms with van der Waals surface area (Å²) in [7, 11) is 0. The van der Waals surface area contributed by atoms with Gasteiger partial charge in [-0.25, -0.2) is 4.98 Å². The number of nitrogens with two attached hydrogens (primary N) is 2. The van der Waals surface area contributed by atoms with E-state index in [1.807, 2.05) is 6.92 Å². The number of carbonyl (C=O) groups excluding carboxylic acids is 1. The van der Waals surface area contributed by atoms with Crippen LogP contribution in [0.5, 0.6) is 0 Å². The molecule has 0 spiro atoms. The average molecular weight is 269 g/mol. The first kappa shape index (κ1) is 14.6. The fourth-order valence-corrected chi connectivity index (χ4v) is 2.20. The molecule has 0 saturated heterocycles. The van der Waals surface area contributed by atoms with Gasteiger partial charge in [0.15, 0.2) is 11.0 Å². The molecular formula is C11H19N5OS. The number of ketones is 1. The molecule has 0 unspecified atom stereocenters. The van der Waals surface area contributed by atoms with E-state index in [4.69, 9.17) is 11.5 Å². The second-order valence-electron chi connectivity index (χ2n) is 3.76. The molecule has 5 N–H and O–H groups in total. The van der Waals surface area contributed by atoms with Gasteiger partial charge in [-0.05, 0) is 19.4 Å². The van der Waals surface area contributed by atoms with Crippen molar-refractivity contribution in [3.63, 3.8) is 0 Å². The lowest BCUT2D eigenvalue weighted by molar-refractivity contribution is 0.0938.